The highest BCUT2D eigenvalue weighted by Gasteiger charge is 2.17. The van der Waals surface area contributed by atoms with Crippen molar-refractivity contribution in [2.45, 2.75) is 20.4 Å². The second kappa shape index (κ2) is 6.17. The van der Waals surface area contributed by atoms with Crippen LogP contribution in [0.4, 0.5) is 4.39 Å². The van der Waals surface area contributed by atoms with E-state index in [2.05, 4.69) is 36.7 Å². The number of nitrogens with one attached hydrogen (secondary N) is 1. The van der Waals surface area contributed by atoms with Gasteiger partial charge in [-0.1, -0.05) is 0 Å². The molecule has 0 atom stereocenters. The molecule has 1 N–H and O–H groups in total. The number of carbonyl (C=O) groups excluding carboxylic acids is 1. The Balaban J connectivity index is 2.10. The molecule has 0 aliphatic rings. The van der Waals surface area contributed by atoms with Crippen molar-refractivity contribution in [3.05, 3.63) is 33.6 Å². The number of aromatic nitrogens is 4. The van der Waals surface area contributed by atoms with E-state index in [9.17, 15) is 9.18 Å². The highest BCUT2D eigenvalue weighted by molar-refractivity contribution is 9.10. The molecule has 2 heterocycles. The second-order valence-electron chi connectivity index (χ2n) is 4.28. The summed E-state index contributed by atoms with van der Waals surface area (Å²) >= 11 is 3.29. The summed E-state index contributed by atoms with van der Waals surface area (Å²) in [5, 5.41) is 11.7. The van der Waals surface area contributed by atoms with Gasteiger partial charge in [-0.3, -0.25) is 9.48 Å². The maximum absolute atomic E-state index is 13.7. The molecule has 21 heavy (non-hydrogen) atoms. The molecular formula is C12H14BrFN6O. The maximum Gasteiger partial charge on any atom is 0.290 e. The first-order valence-corrected chi connectivity index (χ1v) is 6.98. The summed E-state index contributed by atoms with van der Waals surface area (Å²) in [5.74, 6) is -0.933. The average Bonchev–Trinajstić information content (AvgIpc) is 2.91. The number of carbonyl (C=O) groups is 1. The molecule has 2 aromatic rings. The molecule has 1 amide bonds. The topological polar surface area (TPSA) is 77.1 Å². The van der Waals surface area contributed by atoms with Gasteiger partial charge in [0.05, 0.1) is 28.1 Å². The van der Waals surface area contributed by atoms with Crippen molar-refractivity contribution < 1.29 is 9.18 Å². The summed E-state index contributed by atoms with van der Waals surface area (Å²) in [6.45, 7) is 3.98. The molecular weight excluding hydrogens is 343 g/mol. The van der Waals surface area contributed by atoms with E-state index in [4.69, 9.17) is 0 Å². The number of amides is 1. The number of hydrogen-bond donors (Lipinski definition) is 1. The second-order valence-corrected chi connectivity index (χ2v) is 5.07. The van der Waals surface area contributed by atoms with Crippen LogP contribution in [-0.2, 0) is 13.6 Å². The molecule has 9 heteroatoms. The van der Waals surface area contributed by atoms with Gasteiger partial charge in [-0.25, -0.2) is 10.1 Å². The Bertz CT molecular complexity index is 705. The van der Waals surface area contributed by atoms with Gasteiger partial charge in [-0.15, -0.1) is 0 Å². The van der Waals surface area contributed by atoms with Gasteiger partial charge in [0, 0.05) is 13.6 Å². The molecule has 0 saturated carbocycles. The van der Waals surface area contributed by atoms with Gasteiger partial charge in [-0.2, -0.15) is 19.7 Å². The van der Waals surface area contributed by atoms with Crippen LogP contribution in [0.3, 0.4) is 0 Å². The van der Waals surface area contributed by atoms with Gasteiger partial charge < -0.3 is 0 Å². The van der Waals surface area contributed by atoms with Gasteiger partial charge in [0.15, 0.2) is 0 Å². The van der Waals surface area contributed by atoms with E-state index in [1.807, 2.05) is 0 Å². The fourth-order valence-electron chi connectivity index (χ4n) is 1.78. The van der Waals surface area contributed by atoms with Crippen LogP contribution >= 0.6 is 15.9 Å². The quantitative estimate of drug-likeness (QED) is 0.667. The minimum atomic E-state index is -0.493. The van der Waals surface area contributed by atoms with Crippen LogP contribution in [0.5, 0.6) is 0 Å². The Morgan fingerprint density at radius 3 is 2.86 bits per heavy atom. The number of hydrogen-bond acceptors (Lipinski definition) is 4. The number of nitrogens with zero attached hydrogens (tertiary/aromatic N) is 5. The van der Waals surface area contributed by atoms with Crippen molar-refractivity contribution in [3.8, 4) is 0 Å². The van der Waals surface area contributed by atoms with Crippen LogP contribution < -0.4 is 5.43 Å². The van der Waals surface area contributed by atoms with Crippen LogP contribution in [0.2, 0.25) is 0 Å². The summed E-state index contributed by atoms with van der Waals surface area (Å²) in [6.07, 6.45) is 2.56. The van der Waals surface area contributed by atoms with Crippen molar-refractivity contribution in [1.29, 1.82) is 0 Å². The zero-order valence-electron chi connectivity index (χ0n) is 11.8. The van der Waals surface area contributed by atoms with Crippen LogP contribution in [0.1, 0.15) is 28.7 Å². The van der Waals surface area contributed by atoms with E-state index in [0.29, 0.717) is 22.4 Å². The lowest BCUT2D eigenvalue weighted by atomic mass is 10.3. The fourth-order valence-corrected chi connectivity index (χ4v) is 2.30. The predicted molar refractivity (Wildman–Crippen MR) is 78.6 cm³/mol. The van der Waals surface area contributed by atoms with E-state index in [1.165, 1.54) is 21.8 Å². The third kappa shape index (κ3) is 3.02. The summed E-state index contributed by atoms with van der Waals surface area (Å²) in [4.78, 5) is 12.0. The van der Waals surface area contributed by atoms with Crippen molar-refractivity contribution in [3.63, 3.8) is 0 Å². The van der Waals surface area contributed by atoms with E-state index >= 15 is 0 Å². The largest absolute Gasteiger partial charge is 0.290 e. The highest BCUT2D eigenvalue weighted by Crippen LogP contribution is 2.19. The first kappa shape index (κ1) is 15.4. The highest BCUT2D eigenvalue weighted by atomic mass is 79.9. The van der Waals surface area contributed by atoms with E-state index in [1.54, 1.807) is 20.9 Å². The van der Waals surface area contributed by atoms with E-state index < -0.39 is 11.9 Å². The first-order valence-electron chi connectivity index (χ1n) is 6.19. The van der Waals surface area contributed by atoms with Crippen LogP contribution in [0, 0.1) is 12.9 Å². The maximum atomic E-state index is 13.7. The predicted octanol–water partition coefficient (Wildman–Crippen LogP) is 1.61. The molecule has 112 valence electrons. The van der Waals surface area contributed by atoms with Crippen molar-refractivity contribution in [1.82, 2.24) is 25.0 Å². The molecule has 0 fully saturated rings. The average molecular weight is 357 g/mol. The standard InChI is InChI=1S/C12H14BrFN6O/c1-4-20-11(14)8(6-16-20)5-15-17-12(21)10-9(13)7(2)18-19(10)3/h5-6H,4H2,1-3H3,(H,17,21). The van der Waals surface area contributed by atoms with Gasteiger partial charge in [0.25, 0.3) is 5.91 Å². The van der Waals surface area contributed by atoms with E-state index in [0.717, 1.165) is 0 Å². The lowest BCUT2D eigenvalue weighted by Gasteiger charge is -2.00. The Morgan fingerprint density at radius 1 is 1.62 bits per heavy atom. The smallest absolute Gasteiger partial charge is 0.266 e. The fraction of sp³-hybridized carbons (Fsp3) is 0.333. The monoisotopic (exact) mass is 356 g/mol. The van der Waals surface area contributed by atoms with Crippen molar-refractivity contribution >= 4 is 28.1 Å². The Kier molecular flexibility index (Phi) is 4.51. The lowest BCUT2D eigenvalue weighted by Crippen LogP contribution is -2.21. The zero-order chi connectivity index (χ0) is 15.6. The lowest BCUT2D eigenvalue weighted by molar-refractivity contribution is 0.0945. The summed E-state index contributed by atoms with van der Waals surface area (Å²) in [5.41, 5.74) is 3.58. The zero-order valence-corrected chi connectivity index (χ0v) is 13.3. The number of halogens is 2. The molecule has 0 unspecified atom stereocenters. The normalized spacial score (nSPS) is 11.3. The van der Waals surface area contributed by atoms with Gasteiger partial charge in [-0.05, 0) is 29.8 Å². The molecule has 0 saturated heterocycles. The number of hydrazone groups is 1. The third-order valence-corrected chi connectivity index (χ3v) is 3.78. The minimum absolute atomic E-state index is 0.206. The van der Waals surface area contributed by atoms with Crippen LogP contribution in [-0.4, -0.2) is 31.7 Å². The van der Waals surface area contributed by atoms with Crippen molar-refractivity contribution in [2.24, 2.45) is 12.1 Å². The van der Waals surface area contributed by atoms with Crippen molar-refractivity contribution in [2.75, 3.05) is 0 Å². The molecule has 0 radical (unpaired) electrons. The molecule has 2 rings (SSSR count). The minimum Gasteiger partial charge on any atom is -0.266 e. The summed E-state index contributed by atoms with van der Waals surface area (Å²) in [6, 6.07) is 0. The molecule has 0 bridgehead atoms. The number of aryl methyl sites for hydroxylation is 3. The van der Waals surface area contributed by atoms with E-state index in [-0.39, 0.29) is 5.56 Å². The van der Waals surface area contributed by atoms with Gasteiger partial charge in [0.2, 0.25) is 5.95 Å². The Hall–Kier alpha value is -2.03. The summed E-state index contributed by atoms with van der Waals surface area (Å²) in [7, 11) is 1.65. The Labute approximate surface area is 129 Å². The number of rotatable bonds is 4. The van der Waals surface area contributed by atoms with Gasteiger partial charge >= 0.3 is 0 Å². The molecule has 0 aliphatic carbocycles. The van der Waals surface area contributed by atoms with Crippen LogP contribution in [0.15, 0.2) is 15.8 Å². The molecule has 0 aliphatic heterocycles. The molecule has 0 aromatic carbocycles. The third-order valence-electron chi connectivity index (χ3n) is 2.83. The first-order chi connectivity index (χ1) is 9.95. The summed E-state index contributed by atoms with van der Waals surface area (Å²) < 4.78 is 16.9. The van der Waals surface area contributed by atoms with Crippen LogP contribution in [0.25, 0.3) is 0 Å². The van der Waals surface area contributed by atoms with Gasteiger partial charge in [0.1, 0.15) is 5.69 Å². The Morgan fingerprint density at radius 2 is 2.33 bits per heavy atom. The molecule has 2 aromatic heterocycles. The molecule has 7 nitrogen and oxygen atoms in total. The molecule has 0 spiro atoms. The SMILES string of the molecule is CCn1ncc(C=NNC(=O)c2c(Br)c(C)nn2C)c1F.